The number of fused-ring (bicyclic) bond motifs is 2. The second-order valence-corrected chi connectivity index (χ2v) is 11.7. The van der Waals surface area contributed by atoms with Crippen molar-refractivity contribution in [2.24, 2.45) is 0 Å². The number of anilines is 2. The summed E-state index contributed by atoms with van der Waals surface area (Å²) in [7, 11) is 0. The zero-order chi connectivity index (χ0) is 33.5. The van der Waals surface area contributed by atoms with Gasteiger partial charge < -0.3 is 25.8 Å². The van der Waals surface area contributed by atoms with E-state index in [1.807, 2.05) is 84.9 Å². The molecule has 1 aromatic heterocycles. The predicted molar refractivity (Wildman–Crippen MR) is 194 cm³/mol. The van der Waals surface area contributed by atoms with E-state index in [2.05, 4.69) is 57.9 Å². The number of carbonyl (C=O) groups is 3. The Kier molecular flexibility index (Phi) is 9.93. The summed E-state index contributed by atoms with van der Waals surface area (Å²) in [6.45, 7) is 7.55. The molecule has 48 heavy (non-hydrogen) atoms. The van der Waals surface area contributed by atoms with E-state index in [1.165, 1.54) is 5.56 Å². The number of hydrogen-bond acceptors (Lipinski definition) is 4. The van der Waals surface area contributed by atoms with Crippen molar-refractivity contribution in [2.45, 2.75) is 20.3 Å². The number of H-pyrrole nitrogens is 1. The number of likely N-dealkylation sites (N-methyl/N-ethyl adjacent to an activating group) is 1. The van der Waals surface area contributed by atoms with Crippen LogP contribution in [0.25, 0.3) is 33.9 Å². The minimum atomic E-state index is -0.148. The molecule has 0 saturated heterocycles. The van der Waals surface area contributed by atoms with Gasteiger partial charge in [0, 0.05) is 35.7 Å². The summed E-state index contributed by atoms with van der Waals surface area (Å²) in [6.07, 6.45) is 2.29. The Morgan fingerprint density at radius 3 is 2.06 bits per heavy atom. The fourth-order valence-electron chi connectivity index (χ4n) is 5.92. The Hall–Kier alpha value is -5.73. The lowest BCUT2D eigenvalue weighted by molar-refractivity contribution is -0.115. The van der Waals surface area contributed by atoms with Gasteiger partial charge in [0.25, 0.3) is 11.8 Å². The highest BCUT2D eigenvalue weighted by Gasteiger charge is 2.25. The molecule has 242 valence electrons. The SMILES string of the molecule is CCN(CC)CCNC(=O)c1ccc(C=C2C(=O)Nc3cc(-c4ccccc4)ccc32)[nH]1.O=C1Cc2ccc(-c3ccccc3)cc2N1. The smallest absolute Gasteiger partial charge is 0.267 e. The van der Waals surface area contributed by atoms with Crippen molar-refractivity contribution in [1.29, 1.82) is 0 Å². The third kappa shape index (κ3) is 7.45. The van der Waals surface area contributed by atoms with Crippen LogP contribution in [0.1, 0.15) is 41.2 Å². The van der Waals surface area contributed by atoms with Crippen LogP contribution in [0.3, 0.4) is 0 Å². The molecule has 2 aliphatic heterocycles. The van der Waals surface area contributed by atoms with Crippen LogP contribution in [0.4, 0.5) is 11.4 Å². The lowest BCUT2D eigenvalue weighted by atomic mass is 10.00. The molecule has 4 aromatic carbocycles. The van der Waals surface area contributed by atoms with E-state index in [9.17, 15) is 14.4 Å². The maximum Gasteiger partial charge on any atom is 0.267 e. The number of nitrogens with one attached hydrogen (secondary N) is 4. The van der Waals surface area contributed by atoms with Gasteiger partial charge in [-0.05, 0) is 71.2 Å². The van der Waals surface area contributed by atoms with E-state index < -0.39 is 0 Å². The molecule has 0 bridgehead atoms. The fraction of sp³-hybridized carbons (Fsp3) is 0.175. The topological polar surface area (TPSA) is 106 Å². The summed E-state index contributed by atoms with van der Waals surface area (Å²) in [5, 5.41) is 8.76. The molecular weight excluding hydrogens is 598 g/mol. The van der Waals surface area contributed by atoms with E-state index >= 15 is 0 Å². The molecule has 7 rings (SSSR count). The second-order valence-electron chi connectivity index (χ2n) is 11.7. The van der Waals surface area contributed by atoms with Crippen LogP contribution in [-0.2, 0) is 16.0 Å². The second kappa shape index (κ2) is 14.8. The van der Waals surface area contributed by atoms with Gasteiger partial charge in [0.15, 0.2) is 0 Å². The van der Waals surface area contributed by atoms with Crippen molar-refractivity contribution in [2.75, 3.05) is 36.8 Å². The van der Waals surface area contributed by atoms with Gasteiger partial charge in [-0.2, -0.15) is 0 Å². The summed E-state index contributed by atoms with van der Waals surface area (Å²) in [5.41, 5.74) is 9.92. The first-order valence-electron chi connectivity index (χ1n) is 16.3. The Morgan fingerprint density at radius 1 is 0.750 bits per heavy atom. The Labute approximate surface area is 280 Å². The summed E-state index contributed by atoms with van der Waals surface area (Å²) in [5.74, 6) is -0.212. The molecule has 3 heterocycles. The summed E-state index contributed by atoms with van der Waals surface area (Å²) in [4.78, 5) is 41.6. The predicted octanol–water partition coefficient (Wildman–Crippen LogP) is 7.09. The minimum absolute atomic E-state index is 0.0835. The van der Waals surface area contributed by atoms with Crippen molar-refractivity contribution in [3.8, 4) is 22.3 Å². The first-order chi connectivity index (χ1) is 23.4. The van der Waals surface area contributed by atoms with Crippen molar-refractivity contribution < 1.29 is 14.4 Å². The van der Waals surface area contributed by atoms with Gasteiger partial charge in [-0.3, -0.25) is 14.4 Å². The van der Waals surface area contributed by atoms with Crippen LogP contribution in [0.5, 0.6) is 0 Å². The average molecular weight is 638 g/mol. The van der Waals surface area contributed by atoms with E-state index in [0.29, 0.717) is 29.9 Å². The van der Waals surface area contributed by atoms with Gasteiger partial charge >= 0.3 is 0 Å². The summed E-state index contributed by atoms with van der Waals surface area (Å²) < 4.78 is 0. The molecule has 0 radical (unpaired) electrons. The number of aromatic amines is 1. The van der Waals surface area contributed by atoms with Crippen LogP contribution >= 0.6 is 0 Å². The molecule has 0 aliphatic carbocycles. The monoisotopic (exact) mass is 637 g/mol. The van der Waals surface area contributed by atoms with Crippen molar-refractivity contribution in [3.63, 3.8) is 0 Å². The largest absolute Gasteiger partial charge is 0.351 e. The minimum Gasteiger partial charge on any atom is -0.351 e. The molecule has 0 fully saturated rings. The molecule has 0 unspecified atom stereocenters. The third-order valence-corrected chi connectivity index (χ3v) is 8.61. The number of carbonyl (C=O) groups excluding carboxylic acids is 3. The van der Waals surface area contributed by atoms with Crippen LogP contribution in [0, 0.1) is 0 Å². The highest BCUT2D eigenvalue weighted by molar-refractivity contribution is 6.35. The fourth-order valence-corrected chi connectivity index (χ4v) is 5.92. The van der Waals surface area contributed by atoms with Gasteiger partial charge in [-0.25, -0.2) is 0 Å². The summed E-state index contributed by atoms with van der Waals surface area (Å²) in [6, 6.07) is 35.9. The molecule has 8 nitrogen and oxygen atoms in total. The number of aromatic nitrogens is 1. The van der Waals surface area contributed by atoms with Crippen LogP contribution in [-0.4, -0.2) is 53.8 Å². The van der Waals surface area contributed by atoms with Crippen LogP contribution in [0.15, 0.2) is 109 Å². The maximum absolute atomic E-state index is 12.6. The zero-order valence-electron chi connectivity index (χ0n) is 27.2. The Balaban J connectivity index is 0.000000208. The first kappa shape index (κ1) is 32.2. The normalized spacial score (nSPS) is 13.8. The molecule has 2 aliphatic rings. The van der Waals surface area contributed by atoms with E-state index in [-0.39, 0.29) is 17.7 Å². The van der Waals surface area contributed by atoms with Crippen molar-refractivity contribution in [3.05, 3.63) is 132 Å². The Morgan fingerprint density at radius 2 is 1.40 bits per heavy atom. The third-order valence-electron chi connectivity index (χ3n) is 8.61. The van der Waals surface area contributed by atoms with Crippen molar-refractivity contribution in [1.82, 2.24) is 15.2 Å². The molecule has 5 aromatic rings. The van der Waals surface area contributed by atoms with Crippen LogP contribution < -0.4 is 16.0 Å². The molecule has 0 saturated carbocycles. The molecule has 0 spiro atoms. The highest BCUT2D eigenvalue weighted by Crippen LogP contribution is 2.36. The first-order valence-corrected chi connectivity index (χ1v) is 16.3. The maximum atomic E-state index is 12.6. The molecule has 8 heteroatoms. The van der Waals surface area contributed by atoms with E-state index in [0.717, 1.165) is 58.8 Å². The molecular formula is C40H39N5O3. The molecule has 4 N–H and O–H groups in total. The number of amides is 3. The summed E-state index contributed by atoms with van der Waals surface area (Å²) >= 11 is 0. The van der Waals surface area contributed by atoms with Gasteiger partial charge in [0.1, 0.15) is 5.69 Å². The number of nitrogens with zero attached hydrogens (tertiary/aromatic N) is 1. The van der Waals surface area contributed by atoms with E-state index in [4.69, 9.17) is 0 Å². The molecule has 0 atom stereocenters. The zero-order valence-corrected chi connectivity index (χ0v) is 27.2. The molecule has 3 amide bonds. The van der Waals surface area contributed by atoms with Gasteiger partial charge in [0.2, 0.25) is 5.91 Å². The number of hydrogen-bond donors (Lipinski definition) is 4. The van der Waals surface area contributed by atoms with Gasteiger partial charge in [-0.15, -0.1) is 0 Å². The number of rotatable bonds is 9. The lowest BCUT2D eigenvalue weighted by Gasteiger charge is -2.17. The Bertz CT molecular complexity index is 1960. The average Bonchev–Trinajstić information content (AvgIpc) is 3.83. The van der Waals surface area contributed by atoms with E-state index in [1.54, 1.807) is 12.1 Å². The lowest BCUT2D eigenvalue weighted by Crippen LogP contribution is -2.34. The van der Waals surface area contributed by atoms with Crippen LogP contribution in [0.2, 0.25) is 0 Å². The van der Waals surface area contributed by atoms with Gasteiger partial charge in [-0.1, -0.05) is 98.8 Å². The quantitative estimate of drug-likeness (QED) is 0.130. The number of benzene rings is 4. The highest BCUT2D eigenvalue weighted by atomic mass is 16.2. The van der Waals surface area contributed by atoms with Crippen molar-refractivity contribution >= 4 is 40.7 Å². The standard InChI is InChI=1S/C26H28N4O2.C14H11NO/c1-3-30(4-2)15-14-27-26(32)23-13-11-20(28-23)17-22-21-12-10-19(16-24(21)29-25(22)31)18-8-6-5-7-9-18;16-14-9-12-7-6-11(8-13(12)15-14)10-4-2-1-3-5-10/h5-13,16-17,28H,3-4,14-15H2,1-2H3,(H,27,32)(H,29,31);1-8H,9H2,(H,15,16). The van der Waals surface area contributed by atoms with Gasteiger partial charge in [0.05, 0.1) is 12.0 Å².